The second kappa shape index (κ2) is 6.56. The monoisotopic (exact) mass is 263 g/mol. The fraction of sp³-hybridized carbons (Fsp3) is 0.812. The lowest BCUT2D eigenvalue weighted by Gasteiger charge is -2.37. The molecule has 1 aliphatic rings. The molecule has 3 nitrogen and oxygen atoms in total. The van der Waals surface area contributed by atoms with Gasteiger partial charge < -0.3 is 5.73 Å². The summed E-state index contributed by atoms with van der Waals surface area (Å²) in [7, 11) is 0. The van der Waals surface area contributed by atoms with Gasteiger partial charge in [0.15, 0.2) is 0 Å². The summed E-state index contributed by atoms with van der Waals surface area (Å²) in [5.74, 6) is 2.88. The maximum Gasteiger partial charge on any atom is 0.0492 e. The van der Waals surface area contributed by atoms with Gasteiger partial charge in [-0.15, -0.1) is 0 Å². The number of aromatic nitrogens is 2. The Morgan fingerprint density at radius 3 is 2.84 bits per heavy atom. The standard InChI is InChI=1S/C16H29N3/c1-4-9-19-16(7-8-18-19)15-10-13(12(2)3)5-6-14(15)11-17/h7-8,12-15H,4-6,9-11,17H2,1-3H3. The zero-order valence-electron chi connectivity index (χ0n) is 12.7. The van der Waals surface area contributed by atoms with E-state index in [9.17, 15) is 0 Å². The van der Waals surface area contributed by atoms with Gasteiger partial charge >= 0.3 is 0 Å². The van der Waals surface area contributed by atoms with Crippen molar-refractivity contribution in [3.8, 4) is 0 Å². The van der Waals surface area contributed by atoms with E-state index >= 15 is 0 Å². The Labute approximate surface area is 117 Å². The van der Waals surface area contributed by atoms with E-state index in [1.165, 1.54) is 25.0 Å². The number of rotatable bonds is 5. The van der Waals surface area contributed by atoms with Crippen molar-refractivity contribution in [2.45, 2.75) is 58.9 Å². The van der Waals surface area contributed by atoms with Crippen molar-refractivity contribution in [3.05, 3.63) is 18.0 Å². The molecule has 2 N–H and O–H groups in total. The quantitative estimate of drug-likeness (QED) is 0.884. The minimum absolute atomic E-state index is 0.611. The van der Waals surface area contributed by atoms with Crippen LogP contribution in [0.2, 0.25) is 0 Å². The van der Waals surface area contributed by atoms with Crippen LogP contribution < -0.4 is 5.73 Å². The molecule has 19 heavy (non-hydrogen) atoms. The summed E-state index contributed by atoms with van der Waals surface area (Å²) in [6.45, 7) is 8.76. The lowest BCUT2D eigenvalue weighted by Crippen LogP contribution is -2.32. The van der Waals surface area contributed by atoms with Crippen molar-refractivity contribution in [1.82, 2.24) is 9.78 Å². The van der Waals surface area contributed by atoms with Gasteiger partial charge in [0.1, 0.15) is 0 Å². The molecule has 1 aromatic heterocycles. The molecule has 1 fully saturated rings. The Kier molecular flexibility index (Phi) is 5.03. The Balaban J connectivity index is 2.19. The van der Waals surface area contributed by atoms with E-state index < -0.39 is 0 Å². The zero-order valence-corrected chi connectivity index (χ0v) is 12.7. The number of aryl methyl sites for hydroxylation is 1. The first-order chi connectivity index (χ1) is 9.17. The van der Waals surface area contributed by atoms with E-state index in [0.717, 1.165) is 31.3 Å². The largest absolute Gasteiger partial charge is 0.330 e. The predicted molar refractivity (Wildman–Crippen MR) is 80.0 cm³/mol. The van der Waals surface area contributed by atoms with Crippen LogP contribution in [0.25, 0.3) is 0 Å². The summed E-state index contributed by atoms with van der Waals surface area (Å²) in [4.78, 5) is 0. The number of hydrogen-bond donors (Lipinski definition) is 1. The molecule has 0 bridgehead atoms. The summed E-state index contributed by atoms with van der Waals surface area (Å²) in [5, 5.41) is 4.50. The number of nitrogens with two attached hydrogens (primary N) is 1. The average molecular weight is 263 g/mol. The van der Waals surface area contributed by atoms with Gasteiger partial charge in [-0.1, -0.05) is 20.8 Å². The highest BCUT2D eigenvalue weighted by Gasteiger charge is 2.33. The van der Waals surface area contributed by atoms with Crippen molar-refractivity contribution in [2.24, 2.45) is 23.5 Å². The minimum atomic E-state index is 0.611. The third-order valence-electron chi connectivity index (χ3n) is 4.84. The minimum Gasteiger partial charge on any atom is -0.330 e. The highest BCUT2D eigenvalue weighted by molar-refractivity contribution is 5.11. The van der Waals surface area contributed by atoms with Crippen molar-refractivity contribution in [2.75, 3.05) is 6.54 Å². The van der Waals surface area contributed by atoms with Crippen LogP contribution in [0.4, 0.5) is 0 Å². The molecule has 0 spiro atoms. The molecule has 3 atom stereocenters. The van der Waals surface area contributed by atoms with Crippen LogP contribution in [0.15, 0.2) is 12.3 Å². The Hall–Kier alpha value is -0.830. The molecule has 1 aromatic rings. The van der Waals surface area contributed by atoms with E-state index in [2.05, 4.69) is 36.6 Å². The van der Waals surface area contributed by atoms with Gasteiger partial charge in [0.2, 0.25) is 0 Å². The first-order valence-corrected chi connectivity index (χ1v) is 7.89. The van der Waals surface area contributed by atoms with Gasteiger partial charge in [-0.3, -0.25) is 4.68 Å². The molecule has 0 saturated heterocycles. The molecule has 1 aliphatic carbocycles. The Morgan fingerprint density at radius 1 is 1.42 bits per heavy atom. The molecule has 2 rings (SSSR count). The second-order valence-electron chi connectivity index (χ2n) is 6.40. The topological polar surface area (TPSA) is 43.8 Å². The Morgan fingerprint density at radius 2 is 2.21 bits per heavy atom. The SMILES string of the molecule is CCCn1nccc1C1CC(C(C)C)CCC1CN. The van der Waals surface area contributed by atoms with Gasteiger partial charge in [0.25, 0.3) is 0 Å². The molecule has 0 aromatic carbocycles. The highest BCUT2D eigenvalue weighted by Crippen LogP contribution is 2.42. The van der Waals surface area contributed by atoms with Crippen LogP contribution in [0.1, 0.15) is 58.1 Å². The van der Waals surface area contributed by atoms with Gasteiger partial charge in [-0.05, 0) is 56.0 Å². The van der Waals surface area contributed by atoms with Crippen molar-refractivity contribution in [1.29, 1.82) is 0 Å². The lowest BCUT2D eigenvalue weighted by atomic mass is 9.69. The molecule has 3 unspecified atom stereocenters. The molecular weight excluding hydrogens is 234 g/mol. The second-order valence-corrected chi connectivity index (χ2v) is 6.40. The van der Waals surface area contributed by atoms with Crippen LogP contribution >= 0.6 is 0 Å². The maximum atomic E-state index is 6.02. The molecule has 1 saturated carbocycles. The summed E-state index contributed by atoms with van der Waals surface area (Å²) < 4.78 is 2.20. The van der Waals surface area contributed by atoms with Crippen LogP contribution in [-0.2, 0) is 6.54 Å². The van der Waals surface area contributed by atoms with E-state index in [4.69, 9.17) is 5.73 Å². The normalized spacial score (nSPS) is 27.9. The fourth-order valence-corrected chi connectivity index (χ4v) is 3.57. The van der Waals surface area contributed by atoms with Crippen molar-refractivity contribution < 1.29 is 0 Å². The molecule has 0 aliphatic heterocycles. The first-order valence-electron chi connectivity index (χ1n) is 7.89. The molecule has 108 valence electrons. The summed E-state index contributed by atoms with van der Waals surface area (Å²) in [5.41, 5.74) is 7.43. The van der Waals surface area contributed by atoms with E-state index in [1.807, 2.05) is 6.20 Å². The Bertz CT molecular complexity index is 383. The average Bonchev–Trinajstić information content (AvgIpc) is 2.86. The molecule has 1 heterocycles. The highest BCUT2D eigenvalue weighted by atomic mass is 15.3. The van der Waals surface area contributed by atoms with Crippen molar-refractivity contribution >= 4 is 0 Å². The van der Waals surface area contributed by atoms with Gasteiger partial charge in [-0.25, -0.2) is 0 Å². The number of nitrogens with zero attached hydrogens (tertiary/aromatic N) is 2. The van der Waals surface area contributed by atoms with Gasteiger partial charge in [-0.2, -0.15) is 5.10 Å². The van der Waals surface area contributed by atoms with Crippen LogP contribution in [-0.4, -0.2) is 16.3 Å². The van der Waals surface area contributed by atoms with Crippen LogP contribution in [0.3, 0.4) is 0 Å². The van der Waals surface area contributed by atoms with Crippen LogP contribution in [0.5, 0.6) is 0 Å². The van der Waals surface area contributed by atoms with E-state index in [0.29, 0.717) is 11.8 Å². The molecule has 0 amide bonds. The van der Waals surface area contributed by atoms with Gasteiger partial charge in [0.05, 0.1) is 0 Å². The zero-order chi connectivity index (χ0) is 13.8. The first kappa shape index (κ1) is 14.6. The summed E-state index contributed by atoms with van der Waals surface area (Å²) >= 11 is 0. The fourth-order valence-electron chi connectivity index (χ4n) is 3.57. The van der Waals surface area contributed by atoms with E-state index in [1.54, 1.807) is 0 Å². The maximum absolute atomic E-state index is 6.02. The lowest BCUT2D eigenvalue weighted by molar-refractivity contribution is 0.191. The van der Waals surface area contributed by atoms with E-state index in [-0.39, 0.29) is 0 Å². The summed E-state index contributed by atoms with van der Waals surface area (Å²) in [6.07, 6.45) is 7.01. The predicted octanol–water partition coefficient (Wildman–Crippen LogP) is 3.41. The third-order valence-corrected chi connectivity index (χ3v) is 4.84. The van der Waals surface area contributed by atoms with Crippen molar-refractivity contribution in [3.63, 3.8) is 0 Å². The smallest absolute Gasteiger partial charge is 0.0492 e. The third kappa shape index (κ3) is 3.19. The molecule has 3 heteroatoms. The number of hydrogen-bond acceptors (Lipinski definition) is 2. The molecule has 0 radical (unpaired) electrons. The molecular formula is C16H29N3. The summed E-state index contributed by atoms with van der Waals surface area (Å²) in [6, 6.07) is 2.21. The van der Waals surface area contributed by atoms with Gasteiger partial charge in [0, 0.05) is 24.4 Å². The van der Waals surface area contributed by atoms with Crippen LogP contribution in [0, 0.1) is 17.8 Å².